The van der Waals surface area contributed by atoms with Crippen molar-refractivity contribution in [2.45, 2.75) is 134 Å². The summed E-state index contributed by atoms with van der Waals surface area (Å²) in [6.45, 7) is -0.822. The van der Waals surface area contributed by atoms with E-state index in [2.05, 4.69) is 25.9 Å². The summed E-state index contributed by atoms with van der Waals surface area (Å²) in [7, 11) is 5.19. The van der Waals surface area contributed by atoms with Gasteiger partial charge in [0.05, 0.1) is 0 Å². The zero-order valence-corrected chi connectivity index (χ0v) is 22.6. The molecule has 10 heterocycles. The van der Waals surface area contributed by atoms with E-state index in [-0.39, 0.29) is 0 Å². The van der Waals surface area contributed by atoms with E-state index in [1.165, 1.54) is 45.0 Å². The van der Waals surface area contributed by atoms with E-state index in [0.29, 0.717) is 7.92 Å². The van der Waals surface area contributed by atoms with Gasteiger partial charge in [0.2, 0.25) is 0 Å². The summed E-state index contributed by atoms with van der Waals surface area (Å²) >= 11 is 5.04. The zero-order valence-electron chi connectivity index (χ0n) is 19.0. The predicted molar refractivity (Wildman–Crippen MR) is 127 cm³/mol. The number of fused-ring (bicyclic) bond motifs is 10. The van der Waals surface area contributed by atoms with Crippen LogP contribution in [0.1, 0.15) is 71.1 Å². The van der Waals surface area contributed by atoms with Crippen LogP contribution in [-0.4, -0.2) is 43.6 Å². The second-order valence-electron chi connectivity index (χ2n) is 16.4. The van der Waals surface area contributed by atoms with E-state index in [4.69, 9.17) is 15.9 Å². The van der Waals surface area contributed by atoms with Crippen LogP contribution in [-0.2, 0) is 6.51 Å². The number of nitrogens with zero attached hydrogens (tertiary/aromatic N) is 1. The van der Waals surface area contributed by atoms with Crippen molar-refractivity contribution in [2.75, 3.05) is 14.1 Å². The Bertz CT molecular complexity index is 1330. The topological polar surface area (TPSA) is 3.24 Å². The molecule has 30 heavy (non-hydrogen) atoms. The van der Waals surface area contributed by atoms with Gasteiger partial charge in [-0.3, -0.25) is 0 Å². The fourth-order valence-electron chi connectivity index (χ4n) is 22.5. The molecule has 2 saturated carbocycles. The standard InChI is InChI=1S/C21H34BrNP.C5H5.Fe/c1-16(23(2)3)19-14-15-20(21(19)22)24(17-10-6-4-7-11-17)18-12-8-5-9-13-18;1-2-4-5-3-1;/h14-18H,4-13H2,1-3H3;1-5H;. The van der Waals surface area contributed by atoms with Gasteiger partial charge in [-0.1, -0.05) is 0 Å². The molecule has 1 spiro atoms. The molecule has 12 rings (SSSR count). The Morgan fingerprint density at radius 1 is 0.800 bits per heavy atom. The van der Waals surface area contributed by atoms with E-state index in [0.717, 1.165) is 17.6 Å². The van der Waals surface area contributed by atoms with Gasteiger partial charge < -0.3 is 0 Å². The number of rotatable bonds is 5. The van der Waals surface area contributed by atoms with Crippen LogP contribution in [0.3, 0.4) is 0 Å². The first-order valence-electron chi connectivity index (χ1n) is 13.6. The average Bonchev–Trinajstić information content (AvgIpc) is 3.72. The Kier molecular flexibility index (Phi) is 1.16. The van der Waals surface area contributed by atoms with Crippen molar-refractivity contribution in [3.8, 4) is 0 Å². The molecule has 10 saturated heterocycles. The van der Waals surface area contributed by atoms with Crippen molar-refractivity contribution in [1.82, 2.24) is 4.90 Å². The summed E-state index contributed by atoms with van der Waals surface area (Å²) in [6, 6.07) is 0.896. The maximum absolute atomic E-state index is 5.04. The summed E-state index contributed by atoms with van der Waals surface area (Å²) in [6.07, 6.45) is 16.1. The molecule has 0 amide bonds. The minimum absolute atomic E-state index is 0.296. The molecule has 168 valence electrons. The van der Waals surface area contributed by atoms with Crippen LogP contribution in [0.4, 0.5) is 0 Å². The van der Waals surface area contributed by atoms with Crippen molar-refractivity contribution in [2.24, 2.45) is 0 Å². The molecular weight excluding hydrogens is 493 g/mol. The van der Waals surface area contributed by atoms with Crippen molar-refractivity contribution >= 4 is 23.9 Å². The van der Waals surface area contributed by atoms with Crippen LogP contribution in [0.25, 0.3) is 0 Å². The van der Waals surface area contributed by atoms with Gasteiger partial charge in [0.25, 0.3) is 0 Å². The number of hydrogen-bond donors (Lipinski definition) is 0. The van der Waals surface area contributed by atoms with Crippen LogP contribution in [0.5, 0.6) is 0 Å². The maximum atomic E-state index is 5.04. The summed E-state index contributed by atoms with van der Waals surface area (Å²) in [4.78, 5) is 12.6. The van der Waals surface area contributed by atoms with Crippen molar-refractivity contribution in [3.05, 3.63) is 0 Å². The third kappa shape index (κ3) is 0.297. The summed E-state index contributed by atoms with van der Waals surface area (Å²) in [5.41, 5.74) is 2.41. The Labute approximate surface area is 182 Å². The van der Waals surface area contributed by atoms with Gasteiger partial charge in [0, 0.05) is 0 Å². The molecule has 4 heteroatoms. The molecule has 12 aliphatic rings. The van der Waals surface area contributed by atoms with Gasteiger partial charge in [-0.2, -0.15) is 0 Å². The molecule has 12 fully saturated rings. The molecule has 6 atom stereocenters. The van der Waals surface area contributed by atoms with E-state index < -0.39 is 6.51 Å². The molecule has 1 nitrogen and oxygen atoms in total. The van der Waals surface area contributed by atoms with Crippen molar-refractivity contribution in [3.63, 3.8) is 0 Å². The quantitative estimate of drug-likeness (QED) is 0.197. The van der Waals surface area contributed by atoms with E-state index >= 15 is 0 Å². The third-order valence-corrected chi connectivity index (χ3v) is 79.7. The van der Waals surface area contributed by atoms with E-state index in [1.54, 1.807) is 64.2 Å². The molecule has 2 aliphatic carbocycles. The SMILES string of the molecule is CC(N(C)C)[C]12[CH]3[CH]4[C]5(P(C6CCCCC6)C6CCCCC6)[C]1(Br)[Fe]34251678[CH]2[CH]1[CH]6[CH]7[CH]28. The van der Waals surface area contributed by atoms with Crippen LogP contribution in [0, 0.1) is 0 Å². The van der Waals surface area contributed by atoms with Gasteiger partial charge in [-0.15, -0.1) is 0 Å². The Morgan fingerprint density at radius 2 is 1.27 bits per heavy atom. The van der Waals surface area contributed by atoms with Crippen LogP contribution < -0.4 is 0 Å². The van der Waals surface area contributed by atoms with Gasteiger partial charge >= 0.3 is 183 Å². The number of halogens is 1. The first-order valence-corrected chi connectivity index (χ1v) is 22.0. The van der Waals surface area contributed by atoms with Gasteiger partial charge in [0.1, 0.15) is 0 Å². The molecular formula is C26H39BrFeNP. The Hall–Kier alpha value is 1.39. The van der Waals surface area contributed by atoms with Crippen LogP contribution in [0.15, 0.2) is 0 Å². The zero-order chi connectivity index (χ0) is 19.8. The molecule has 0 bridgehead atoms. The van der Waals surface area contributed by atoms with Crippen LogP contribution in [0.2, 0.25) is 38.0 Å². The van der Waals surface area contributed by atoms with Gasteiger partial charge in [-0.05, 0) is 0 Å². The first kappa shape index (κ1) is 16.1. The summed E-state index contributed by atoms with van der Waals surface area (Å²) < 4.78 is 2.77. The Morgan fingerprint density at radius 3 is 1.63 bits per heavy atom. The molecule has 0 radical (unpaired) electrons. The first-order chi connectivity index (χ1) is 14.3. The number of hydrogen-bond acceptors (Lipinski definition) is 1. The molecule has 0 N–H and O–H groups in total. The normalized spacial score (nSPS) is 86.7. The number of alkyl halides is 1. The summed E-state index contributed by atoms with van der Waals surface area (Å²) in [5, 5.41) is 0. The molecule has 0 aromatic rings. The van der Waals surface area contributed by atoms with Crippen LogP contribution >= 0.6 is 23.9 Å². The second-order valence-corrected chi connectivity index (χ2v) is 44.6. The van der Waals surface area contributed by atoms with E-state index in [9.17, 15) is 0 Å². The Balaban J connectivity index is 1.18. The molecule has 0 aromatic heterocycles. The average molecular weight is 532 g/mol. The molecule has 6 unspecified atom stereocenters. The monoisotopic (exact) mass is 531 g/mol. The fraction of sp³-hybridized carbons (Fsp3) is 1.00. The van der Waals surface area contributed by atoms with Gasteiger partial charge in [-0.25, -0.2) is 0 Å². The minimum atomic E-state index is -3.55. The van der Waals surface area contributed by atoms with Gasteiger partial charge in [0.15, 0.2) is 0 Å². The molecule has 10 aliphatic heterocycles. The predicted octanol–water partition coefficient (Wildman–Crippen LogP) is 8.05. The van der Waals surface area contributed by atoms with Crippen molar-refractivity contribution < 1.29 is 6.51 Å². The summed E-state index contributed by atoms with van der Waals surface area (Å²) in [5.74, 6) is 0. The van der Waals surface area contributed by atoms with Crippen molar-refractivity contribution in [1.29, 1.82) is 0 Å². The second kappa shape index (κ2) is 2.15. The third-order valence-electron chi connectivity index (χ3n) is 20.6. The molecule has 0 aromatic carbocycles. The van der Waals surface area contributed by atoms with E-state index in [1.807, 2.05) is 0 Å². The fourth-order valence-corrected chi connectivity index (χ4v) is 131.